The molecule has 0 amide bonds. The summed E-state index contributed by atoms with van der Waals surface area (Å²) >= 11 is 0. The molecule has 0 bridgehead atoms. The first kappa shape index (κ1) is 12.8. The quantitative estimate of drug-likeness (QED) is 0.665. The number of benzene rings is 1. The zero-order valence-electron chi connectivity index (χ0n) is 11.4. The average Bonchev–Trinajstić information content (AvgIpc) is 2.35. The second-order valence-corrected chi connectivity index (χ2v) is 5.26. The summed E-state index contributed by atoms with van der Waals surface area (Å²) in [7, 11) is 0. The maximum Gasteiger partial charge on any atom is 0.185 e. The van der Waals surface area contributed by atoms with Crippen LogP contribution in [0.4, 0.5) is 0 Å². The molecular weight excluding hydrogens is 220 g/mol. The van der Waals surface area contributed by atoms with Crippen molar-refractivity contribution in [2.45, 2.75) is 33.6 Å². The molecule has 0 radical (unpaired) electrons. The van der Waals surface area contributed by atoms with Gasteiger partial charge in [0.1, 0.15) is 0 Å². The van der Waals surface area contributed by atoms with Gasteiger partial charge in [-0.15, -0.1) is 0 Å². The zero-order chi connectivity index (χ0) is 13.1. The minimum atomic E-state index is 0.248. The standard InChI is InChI=1S/C17H20O/c1-12(2)15-10-9-13(3)16(17(15)18)11-14-7-5-4-6-8-14/h4-8,11,13H,9-10H2,1-3H3/b16-11-/t13-/m1/s1. The van der Waals surface area contributed by atoms with Crippen LogP contribution in [0.2, 0.25) is 0 Å². The Hall–Kier alpha value is -1.63. The van der Waals surface area contributed by atoms with E-state index in [1.165, 1.54) is 0 Å². The van der Waals surface area contributed by atoms with E-state index in [0.717, 1.165) is 35.1 Å². The number of rotatable bonds is 1. The molecule has 1 aliphatic carbocycles. The number of ketones is 1. The highest BCUT2D eigenvalue weighted by Crippen LogP contribution is 2.32. The predicted molar refractivity (Wildman–Crippen MR) is 76.2 cm³/mol. The minimum Gasteiger partial charge on any atom is -0.289 e. The number of allylic oxidation sites excluding steroid dienone is 3. The summed E-state index contributed by atoms with van der Waals surface area (Å²) < 4.78 is 0. The van der Waals surface area contributed by atoms with Crippen LogP contribution in [0.3, 0.4) is 0 Å². The Kier molecular flexibility index (Phi) is 3.81. The molecule has 1 nitrogen and oxygen atoms in total. The van der Waals surface area contributed by atoms with Crippen LogP contribution in [-0.4, -0.2) is 5.78 Å². The summed E-state index contributed by atoms with van der Waals surface area (Å²) in [5.41, 5.74) is 4.24. The van der Waals surface area contributed by atoms with Gasteiger partial charge in [0.15, 0.2) is 5.78 Å². The molecule has 0 unspecified atom stereocenters. The zero-order valence-corrected chi connectivity index (χ0v) is 11.4. The summed E-state index contributed by atoms with van der Waals surface area (Å²) in [6, 6.07) is 10.1. The Morgan fingerprint density at radius 3 is 2.50 bits per heavy atom. The highest BCUT2D eigenvalue weighted by Gasteiger charge is 2.26. The first-order valence-electron chi connectivity index (χ1n) is 6.57. The minimum absolute atomic E-state index is 0.248. The van der Waals surface area contributed by atoms with Crippen LogP contribution in [0.1, 0.15) is 39.2 Å². The lowest BCUT2D eigenvalue weighted by molar-refractivity contribution is -0.113. The first-order chi connectivity index (χ1) is 8.59. The highest BCUT2D eigenvalue weighted by molar-refractivity contribution is 6.12. The summed E-state index contributed by atoms with van der Waals surface area (Å²) in [6.45, 7) is 6.21. The fourth-order valence-electron chi connectivity index (χ4n) is 2.44. The lowest BCUT2D eigenvalue weighted by Crippen LogP contribution is -2.20. The van der Waals surface area contributed by atoms with Crippen LogP contribution in [0.5, 0.6) is 0 Å². The molecule has 0 aromatic heterocycles. The largest absolute Gasteiger partial charge is 0.289 e. The van der Waals surface area contributed by atoms with E-state index in [1.54, 1.807) is 0 Å². The Morgan fingerprint density at radius 1 is 1.22 bits per heavy atom. The van der Waals surface area contributed by atoms with E-state index in [4.69, 9.17) is 0 Å². The van der Waals surface area contributed by atoms with Crippen molar-refractivity contribution in [3.05, 3.63) is 52.6 Å². The van der Waals surface area contributed by atoms with Gasteiger partial charge in [0.05, 0.1) is 0 Å². The molecule has 1 fully saturated rings. The van der Waals surface area contributed by atoms with E-state index < -0.39 is 0 Å². The van der Waals surface area contributed by atoms with Gasteiger partial charge < -0.3 is 0 Å². The molecule has 0 heterocycles. The van der Waals surface area contributed by atoms with Gasteiger partial charge in [-0.25, -0.2) is 0 Å². The Bertz CT molecular complexity index is 502. The summed E-state index contributed by atoms with van der Waals surface area (Å²) in [6.07, 6.45) is 4.05. The van der Waals surface area contributed by atoms with E-state index in [1.807, 2.05) is 44.2 Å². The molecule has 2 rings (SSSR count). The van der Waals surface area contributed by atoms with E-state index >= 15 is 0 Å². The molecule has 94 valence electrons. The van der Waals surface area contributed by atoms with Gasteiger partial charge in [0, 0.05) is 5.57 Å². The maximum absolute atomic E-state index is 12.5. The fourth-order valence-corrected chi connectivity index (χ4v) is 2.44. The van der Waals surface area contributed by atoms with E-state index in [0.29, 0.717) is 5.92 Å². The molecule has 0 N–H and O–H groups in total. The molecule has 1 aromatic carbocycles. The first-order valence-corrected chi connectivity index (χ1v) is 6.57. The third kappa shape index (κ3) is 2.61. The second kappa shape index (κ2) is 5.34. The van der Waals surface area contributed by atoms with Crippen LogP contribution in [0, 0.1) is 5.92 Å². The summed E-state index contributed by atoms with van der Waals surface area (Å²) in [5, 5.41) is 0. The van der Waals surface area contributed by atoms with Gasteiger partial charge in [-0.3, -0.25) is 4.79 Å². The fraction of sp³-hybridized carbons (Fsp3) is 0.353. The number of hydrogen-bond donors (Lipinski definition) is 0. The monoisotopic (exact) mass is 240 g/mol. The third-order valence-electron chi connectivity index (χ3n) is 3.62. The molecule has 0 spiro atoms. The van der Waals surface area contributed by atoms with Crippen molar-refractivity contribution in [1.29, 1.82) is 0 Å². The van der Waals surface area contributed by atoms with Crippen LogP contribution in [0.15, 0.2) is 47.1 Å². The van der Waals surface area contributed by atoms with E-state index in [-0.39, 0.29) is 5.78 Å². The van der Waals surface area contributed by atoms with Crippen LogP contribution >= 0.6 is 0 Å². The van der Waals surface area contributed by atoms with Crippen LogP contribution in [-0.2, 0) is 4.79 Å². The van der Waals surface area contributed by atoms with Crippen LogP contribution in [0.25, 0.3) is 6.08 Å². The van der Waals surface area contributed by atoms with Crippen molar-refractivity contribution in [3.8, 4) is 0 Å². The lowest BCUT2D eigenvalue weighted by Gasteiger charge is -2.24. The van der Waals surface area contributed by atoms with Crippen molar-refractivity contribution in [3.63, 3.8) is 0 Å². The normalized spacial score (nSPS) is 22.4. The number of carbonyl (C=O) groups is 1. The lowest BCUT2D eigenvalue weighted by atomic mass is 9.79. The van der Waals surface area contributed by atoms with Crippen molar-refractivity contribution >= 4 is 11.9 Å². The molecule has 1 heteroatoms. The molecule has 1 atom stereocenters. The molecule has 18 heavy (non-hydrogen) atoms. The van der Waals surface area contributed by atoms with Gasteiger partial charge in [0.2, 0.25) is 0 Å². The highest BCUT2D eigenvalue weighted by atomic mass is 16.1. The smallest absolute Gasteiger partial charge is 0.185 e. The Balaban J connectivity index is 2.39. The summed E-state index contributed by atoms with van der Waals surface area (Å²) in [5.74, 6) is 0.610. The number of carbonyl (C=O) groups excluding carboxylic acids is 1. The second-order valence-electron chi connectivity index (χ2n) is 5.26. The van der Waals surface area contributed by atoms with Crippen molar-refractivity contribution in [1.82, 2.24) is 0 Å². The average molecular weight is 240 g/mol. The van der Waals surface area contributed by atoms with Gasteiger partial charge in [-0.2, -0.15) is 0 Å². The number of Topliss-reactive ketones (excluding diaryl/α,β-unsaturated/α-hetero) is 1. The Labute approximate surface area is 109 Å². The van der Waals surface area contributed by atoms with Crippen molar-refractivity contribution < 1.29 is 4.79 Å². The van der Waals surface area contributed by atoms with E-state index in [2.05, 4.69) is 13.0 Å². The van der Waals surface area contributed by atoms with Crippen molar-refractivity contribution in [2.24, 2.45) is 5.92 Å². The molecule has 1 aromatic rings. The van der Waals surface area contributed by atoms with Gasteiger partial charge in [-0.05, 0) is 49.8 Å². The topological polar surface area (TPSA) is 17.1 Å². The SMILES string of the molecule is CC(C)=C1CC[C@@H](C)/C(=C/c2ccccc2)C1=O. The Morgan fingerprint density at radius 2 is 1.89 bits per heavy atom. The van der Waals surface area contributed by atoms with Crippen molar-refractivity contribution in [2.75, 3.05) is 0 Å². The predicted octanol–water partition coefficient (Wildman–Crippen LogP) is 4.41. The van der Waals surface area contributed by atoms with Gasteiger partial charge >= 0.3 is 0 Å². The van der Waals surface area contributed by atoms with E-state index in [9.17, 15) is 4.79 Å². The third-order valence-corrected chi connectivity index (χ3v) is 3.62. The maximum atomic E-state index is 12.5. The molecule has 0 saturated heterocycles. The van der Waals surface area contributed by atoms with Crippen LogP contribution < -0.4 is 0 Å². The molecular formula is C17H20O. The summed E-state index contributed by atoms with van der Waals surface area (Å²) in [4.78, 5) is 12.5. The molecule has 1 aliphatic rings. The van der Waals surface area contributed by atoms with Gasteiger partial charge in [-0.1, -0.05) is 42.8 Å². The molecule has 1 saturated carbocycles. The van der Waals surface area contributed by atoms with Gasteiger partial charge in [0.25, 0.3) is 0 Å². The number of hydrogen-bond acceptors (Lipinski definition) is 1. The molecule has 0 aliphatic heterocycles.